The van der Waals surface area contributed by atoms with Crippen LogP contribution in [0, 0.1) is 6.92 Å². The minimum atomic E-state index is -0.969. The fourth-order valence-electron chi connectivity index (χ4n) is 3.71. The van der Waals surface area contributed by atoms with Crippen molar-refractivity contribution in [3.05, 3.63) is 52.5 Å². The van der Waals surface area contributed by atoms with Gasteiger partial charge in [0, 0.05) is 37.7 Å². The SMILES string of the molecule is Cc1cc(CN2CCCN(c3nc4ccc(Cl)cc4s3)CC2)ccc1OCC(=O)O. The largest absolute Gasteiger partial charge is 0.482 e. The van der Waals surface area contributed by atoms with E-state index < -0.39 is 5.97 Å². The third-order valence-corrected chi connectivity index (χ3v) is 6.51. The summed E-state index contributed by atoms with van der Waals surface area (Å²) in [5, 5.41) is 10.6. The Morgan fingerprint density at radius 2 is 2.07 bits per heavy atom. The first kappa shape index (κ1) is 20.9. The highest BCUT2D eigenvalue weighted by molar-refractivity contribution is 7.22. The van der Waals surface area contributed by atoms with Gasteiger partial charge in [0.25, 0.3) is 0 Å². The Morgan fingerprint density at radius 3 is 2.87 bits per heavy atom. The van der Waals surface area contributed by atoms with Crippen LogP contribution in [0.15, 0.2) is 36.4 Å². The number of carboxylic acid groups (broad SMARTS) is 1. The molecule has 2 aromatic carbocycles. The third-order valence-electron chi connectivity index (χ3n) is 5.19. The summed E-state index contributed by atoms with van der Waals surface area (Å²) in [5.41, 5.74) is 3.16. The molecule has 30 heavy (non-hydrogen) atoms. The molecule has 1 aliphatic heterocycles. The van der Waals surface area contributed by atoms with Crippen LogP contribution in [0.5, 0.6) is 5.75 Å². The van der Waals surface area contributed by atoms with Gasteiger partial charge in [0.05, 0.1) is 10.2 Å². The van der Waals surface area contributed by atoms with Gasteiger partial charge in [0.2, 0.25) is 0 Å². The maximum atomic E-state index is 10.7. The summed E-state index contributed by atoms with van der Waals surface area (Å²) >= 11 is 7.81. The van der Waals surface area contributed by atoms with Gasteiger partial charge in [-0.05, 0) is 48.7 Å². The standard InChI is InChI=1S/C22H24ClN3O3S/c1-15-11-16(3-6-19(15)29-14-21(27)28)13-25-7-2-8-26(10-9-25)22-24-18-5-4-17(23)12-20(18)30-22/h3-6,11-12H,2,7-10,13-14H2,1H3,(H,27,28). The number of anilines is 1. The number of hydrogen-bond donors (Lipinski definition) is 1. The second kappa shape index (κ2) is 9.20. The molecule has 1 aromatic heterocycles. The highest BCUT2D eigenvalue weighted by atomic mass is 35.5. The van der Waals surface area contributed by atoms with E-state index in [4.69, 9.17) is 26.4 Å². The molecule has 0 radical (unpaired) electrons. The quantitative estimate of drug-likeness (QED) is 0.605. The van der Waals surface area contributed by atoms with E-state index in [0.717, 1.165) is 65.1 Å². The molecule has 4 rings (SSSR count). The van der Waals surface area contributed by atoms with Crippen molar-refractivity contribution in [2.45, 2.75) is 19.9 Å². The van der Waals surface area contributed by atoms with Crippen LogP contribution < -0.4 is 9.64 Å². The fraction of sp³-hybridized carbons (Fsp3) is 0.364. The van der Waals surface area contributed by atoms with Crippen molar-refractivity contribution in [3.63, 3.8) is 0 Å². The van der Waals surface area contributed by atoms with Crippen LogP contribution in [0.25, 0.3) is 10.2 Å². The van der Waals surface area contributed by atoms with Crippen molar-refractivity contribution in [2.75, 3.05) is 37.7 Å². The monoisotopic (exact) mass is 445 g/mol. The highest BCUT2D eigenvalue weighted by Crippen LogP contribution is 2.31. The van der Waals surface area contributed by atoms with Crippen LogP contribution in [0.4, 0.5) is 5.13 Å². The number of fused-ring (bicyclic) bond motifs is 1. The Bertz CT molecular complexity index is 1060. The molecule has 2 heterocycles. The smallest absolute Gasteiger partial charge is 0.341 e. The van der Waals surface area contributed by atoms with Gasteiger partial charge in [-0.3, -0.25) is 4.90 Å². The van der Waals surface area contributed by atoms with Crippen LogP contribution in [-0.4, -0.2) is 53.7 Å². The number of ether oxygens (including phenoxy) is 1. The second-order valence-corrected chi connectivity index (χ2v) is 8.95. The van der Waals surface area contributed by atoms with Gasteiger partial charge in [0.15, 0.2) is 11.7 Å². The molecule has 1 saturated heterocycles. The number of hydrogen-bond acceptors (Lipinski definition) is 6. The number of aromatic nitrogens is 1. The summed E-state index contributed by atoms with van der Waals surface area (Å²) in [6.07, 6.45) is 1.08. The van der Waals surface area contributed by atoms with Gasteiger partial charge < -0.3 is 14.7 Å². The molecule has 0 amide bonds. The average Bonchev–Trinajstić information content (AvgIpc) is 2.98. The van der Waals surface area contributed by atoms with E-state index in [1.165, 1.54) is 5.56 Å². The summed E-state index contributed by atoms with van der Waals surface area (Å²) in [6, 6.07) is 11.8. The predicted molar refractivity (Wildman–Crippen MR) is 121 cm³/mol. The van der Waals surface area contributed by atoms with Gasteiger partial charge in [-0.2, -0.15) is 0 Å². The van der Waals surface area contributed by atoms with Gasteiger partial charge >= 0.3 is 5.97 Å². The molecular weight excluding hydrogens is 422 g/mol. The van der Waals surface area contributed by atoms with E-state index in [-0.39, 0.29) is 6.61 Å². The molecule has 0 saturated carbocycles. The first-order valence-corrected chi connectivity index (χ1v) is 11.1. The maximum absolute atomic E-state index is 10.7. The molecular formula is C22H24ClN3O3S. The summed E-state index contributed by atoms with van der Waals surface area (Å²) in [7, 11) is 0. The molecule has 8 heteroatoms. The number of halogens is 1. The molecule has 1 N–H and O–H groups in total. The van der Waals surface area contributed by atoms with Crippen molar-refractivity contribution >= 4 is 44.3 Å². The molecule has 0 atom stereocenters. The second-order valence-electron chi connectivity index (χ2n) is 7.51. The lowest BCUT2D eigenvalue weighted by atomic mass is 10.1. The van der Waals surface area contributed by atoms with Crippen LogP contribution >= 0.6 is 22.9 Å². The molecule has 6 nitrogen and oxygen atoms in total. The zero-order valence-electron chi connectivity index (χ0n) is 16.8. The molecule has 1 aliphatic rings. The number of aryl methyl sites for hydroxylation is 1. The minimum absolute atomic E-state index is 0.319. The van der Waals surface area contributed by atoms with Crippen LogP contribution in [-0.2, 0) is 11.3 Å². The zero-order chi connectivity index (χ0) is 21.1. The van der Waals surface area contributed by atoms with E-state index in [2.05, 4.69) is 15.9 Å². The van der Waals surface area contributed by atoms with Crippen LogP contribution in [0.3, 0.4) is 0 Å². The summed E-state index contributed by atoms with van der Waals surface area (Å²) in [5.74, 6) is -0.344. The molecule has 3 aromatic rings. The predicted octanol–water partition coefficient (Wildman–Crippen LogP) is 4.43. The number of rotatable bonds is 6. The molecule has 0 bridgehead atoms. The lowest BCUT2D eigenvalue weighted by Crippen LogP contribution is -2.30. The molecule has 1 fully saturated rings. The topological polar surface area (TPSA) is 65.9 Å². The highest BCUT2D eigenvalue weighted by Gasteiger charge is 2.18. The Labute approximate surface area is 184 Å². The Balaban J connectivity index is 1.38. The number of aliphatic carboxylic acids is 1. The molecule has 0 aliphatic carbocycles. The van der Waals surface area contributed by atoms with E-state index in [1.807, 2.05) is 37.3 Å². The minimum Gasteiger partial charge on any atom is -0.482 e. The van der Waals surface area contributed by atoms with Gasteiger partial charge in [-0.25, -0.2) is 9.78 Å². The van der Waals surface area contributed by atoms with E-state index in [9.17, 15) is 4.79 Å². The van der Waals surface area contributed by atoms with E-state index in [0.29, 0.717) is 5.75 Å². The van der Waals surface area contributed by atoms with Crippen molar-refractivity contribution in [1.82, 2.24) is 9.88 Å². The third kappa shape index (κ3) is 5.03. The van der Waals surface area contributed by atoms with Crippen LogP contribution in [0.1, 0.15) is 17.5 Å². The van der Waals surface area contributed by atoms with Crippen molar-refractivity contribution in [1.29, 1.82) is 0 Å². The molecule has 158 valence electrons. The number of thiazole rings is 1. The Morgan fingerprint density at radius 1 is 1.20 bits per heavy atom. The van der Waals surface area contributed by atoms with Crippen molar-refractivity contribution in [3.8, 4) is 5.75 Å². The fourth-order valence-corrected chi connectivity index (χ4v) is 5.00. The summed E-state index contributed by atoms with van der Waals surface area (Å²) in [6.45, 7) is 6.42. The lowest BCUT2D eigenvalue weighted by Gasteiger charge is -2.22. The molecule has 0 spiro atoms. The number of benzene rings is 2. The average molecular weight is 446 g/mol. The molecule has 0 unspecified atom stereocenters. The number of carboxylic acids is 1. The zero-order valence-corrected chi connectivity index (χ0v) is 18.4. The van der Waals surface area contributed by atoms with Gasteiger partial charge in [-0.15, -0.1) is 0 Å². The summed E-state index contributed by atoms with van der Waals surface area (Å²) < 4.78 is 6.45. The lowest BCUT2D eigenvalue weighted by molar-refractivity contribution is -0.139. The Hall–Kier alpha value is -2.35. The van der Waals surface area contributed by atoms with E-state index in [1.54, 1.807) is 11.3 Å². The summed E-state index contributed by atoms with van der Waals surface area (Å²) in [4.78, 5) is 20.3. The first-order chi connectivity index (χ1) is 14.5. The first-order valence-electron chi connectivity index (χ1n) is 9.95. The van der Waals surface area contributed by atoms with E-state index >= 15 is 0 Å². The maximum Gasteiger partial charge on any atom is 0.341 e. The Kier molecular flexibility index (Phi) is 6.41. The van der Waals surface area contributed by atoms with Crippen molar-refractivity contribution < 1.29 is 14.6 Å². The van der Waals surface area contributed by atoms with Gasteiger partial charge in [0.1, 0.15) is 5.75 Å². The van der Waals surface area contributed by atoms with Crippen molar-refractivity contribution in [2.24, 2.45) is 0 Å². The van der Waals surface area contributed by atoms with Crippen LogP contribution in [0.2, 0.25) is 5.02 Å². The number of carbonyl (C=O) groups is 1. The van der Waals surface area contributed by atoms with Gasteiger partial charge in [-0.1, -0.05) is 35.1 Å². The number of nitrogens with zero attached hydrogens (tertiary/aromatic N) is 3. The normalized spacial score (nSPS) is 15.3.